The maximum absolute atomic E-state index is 5.87. The van der Waals surface area contributed by atoms with E-state index in [0.717, 1.165) is 23.4 Å². The van der Waals surface area contributed by atoms with Crippen LogP contribution < -0.4 is 10.1 Å². The molecule has 0 heterocycles. The first-order valence-electron chi connectivity index (χ1n) is 6.14. The van der Waals surface area contributed by atoms with Crippen LogP contribution in [0.3, 0.4) is 0 Å². The van der Waals surface area contributed by atoms with Crippen LogP contribution in [0.1, 0.15) is 33.3 Å². The molecule has 0 aliphatic heterocycles. The molecule has 2 nitrogen and oxygen atoms in total. The lowest BCUT2D eigenvalue weighted by atomic mass is 10.2. The third kappa shape index (κ3) is 5.09. The zero-order chi connectivity index (χ0) is 12.8. The van der Waals surface area contributed by atoms with Gasteiger partial charge in [0.2, 0.25) is 0 Å². The van der Waals surface area contributed by atoms with Crippen LogP contribution in [0.15, 0.2) is 22.7 Å². The van der Waals surface area contributed by atoms with Crippen LogP contribution in [0.2, 0.25) is 0 Å². The number of rotatable bonds is 6. The number of ether oxygens (including phenoxy) is 1. The minimum absolute atomic E-state index is 0.479. The van der Waals surface area contributed by atoms with Gasteiger partial charge in [0.25, 0.3) is 0 Å². The highest BCUT2D eigenvalue weighted by Crippen LogP contribution is 2.29. The summed E-state index contributed by atoms with van der Waals surface area (Å²) in [5.41, 5.74) is 1.20. The van der Waals surface area contributed by atoms with Gasteiger partial charge in [-0.05, 0) is 27.9 Å². The monoisotopic (exact) mass is 299 g/mol. The summed E-state index contributed by atoms with van der Waals surface area (Å²) in [6.45, 7) is 10.2. The molecule has 1 aromatic rings. The van der Waals surface area contributed by atoms with Gasteiger partial charge in [-0.3, -0.25) is 0 Å². The van der Waals surface area contributed by atoms with Gasteiger partial charge in [0.1, 0.15) is 5.75 Å². The van der Waals surface area contributed by atoms with E-state index in [-0.39, 0.29) is 0 Å². The highest BCUT2D eigenvalue weighted by atomic mass is 79.9. The molecule has 3 heteroatoms. The molecule has 0 aliphatic rings. The van der Waals surface area contributed by atoms with Crippen LogP contribution in [0.25, 0.3) is 0 Å². The van der Waals surface area contributed by atoms with Crippen LogP contribution >= 0.6 is 15.9 Å². The molecule has 0 saturated heterocycles. The largest absolute Gasteiger partial charge is 0.492 e. The molecule has 0 aliphatic carbocycles. The van der Waals surface area contributed by atoms with Gasteiger partial charge in [-0.1, -0.05) is 39.8 Å². The summed E-state index contributed by atoms with van der Waals surface area (Å²) in [6, 6.07) is 6.65. The van der Waals surface area contributed by atoms with Gasteiger partial charge in [0.15, 0.2) is 0 Å². The van der Waals surface area contributed by atoms with Gasteiger partial charge in [0.05, 0.1) is 11.1 Å². The van der Waals surface area contributed by atoms with E-state index < -0.39 is 0 Å². The van der Waals surface area contributed by atoms with Gasteiger partial charge in [-0.25, -0.2) is 0 Å². The molecule has 0 unspecified atom stereocenters. The fraction of sp³-hybridized carbons (Fsp3) is 0.571. The Morgan fingerprint density at radius 3 is 2.53 bits per heavy atom. The van der Waals surface area contributed by atoms with E-state index in [0.29, 0.717) is 12.0 Å². The Labute approximate surface area is 113 Å². The molecule has 0 atom stereocenters. The molecular formula is C14H22BrNO. The van der Waals surface area contributed by atoms with Crippen molar-refractivity contribution in [3.8, 4) is 5.75 Å². The standard InChI is InChI=1S/C14H22BrNO/c1-10(2)9-17-14-12(8-16-11(3)4)6-5-7-13(14)15/h5-7,10-11,16H,8-9H2,1-4H3. The zero-order valence-electron chi connectivity index (χ0n) is 11.1. The number of hydrogen-bond donors (Lipinski definition) is 1. The van der Waals surface area contributed by atoms with Crippen molar-refractivity contribution in [1.29, 1.82) is 0 Å². The van der Waals surface area contributed by atoms with Crippen LogP contribution in [-0.2, 0) is 6.54 Å². The molecule has 1 rings (SSSR count). The van der Waals surface area contributed by atoms with Gasteiger partial charge in [-0.2, -0.15) is 0 Å². The lowest BCUT2D eigenvalue weighted by molar-refractivity contribution is 0.266. The van der Waals surface area contributed by atoms with E-state index in [1.54, 1.807) is 0 Å². The van der Waals surface area contributed by atoms with Crippen LogP contribution in [-0.4, -0.2) is 12.6 Å². The second-order valence-corrected chi connectivity index (χ2v) is 5.82. The summed E-state index contributed by atoms with van der Waals surface area (Å²) in [5, 5.41) is 3.42. The Bertz CT molecular complexity index is 350. The molecule has 1 N–H and O–H groups in total. The fourth-order valence-electron chi connectivity index (χ4n) is 1.42. The third-order valence-corrected chi connectivity index (χ3v) is 2.93. The number of halogens is 1. The summed E-state index contributed by atoms with van der Waals surface area (Å²) < 4.78 is 6.90. The quantitative estimate of drug-likeness (QED) is 0.858. The minimum atomic E-state index is 0.479. The maximum Gasteiger partial charge on any atom is 0.137 e. The van der Waals surface area contributed by atoms with Gasteiger partial charge in [-0.15, -0.1) is 0 Å². The van der Waals surface area contributed by atoms with E-state index in [9.17, 15) is 0 Å². The van der Waals surface area contributed by atoms with Crippen LogP contribution in [0, 0.1) is 5.92 Å². The Hall–Kier alpha value is -0.540. The van der Waals surface area contributed by atoms with Crippen molar-refractivity contribution in [2.45, 2.75) is 40.3 Å². The van der Waals surface area contributed by atoms with Gasteiger partial charge in [0, 0.05) is 18.2 Å². The van der Waals surface area contributed by atoms with Crippen LogP contribution in [0.5, 0.6) is 5.75 Å². The highest BCUT2D eigenvalue weighted by Gasteiger charge is 2.09. The molecule has 96 valence electrons. The SMILES string of the molecule is CC(C)COc1c(Br)cccc1CNC(C)C. The van der Waals surface area contributed by atoms with Crippen molar-refractivity contribution in [1.82, 2.24) is 5.32 Å². The second-order valence-electron chi connectivity index (χ2n) is 4.97. The zero-order valence-corrected chi connectivity index (χ0v) is 12.7. The average Bonchev–Trinajstić information content (AvgIpc) is 2.24. The first kappa shape index (κ1) is 14.5. The molecule has 0 spiro atoms. The van der Waals surface area contributed by atoms with Crippen LogP contribution in [0.4, 0.5) is 0 Å². The molecule has 0 radical (unpaired) electrons. The second kappa shape index (κ2) is 7.02. The van der Waals surface area contributed by atoms with E-state index in [1.807, 2.05) is 12.1 Å². The summed E-state index contributed by atoms with van der Waals surface area (Å²) in [7, 11) is 0. The topological polar surface area (TPSA) is 21.3 Å². The Kier molecular flexibility index (Phi) is 6.00. The lowest BCUT2D eigenvalue weighted by Crippen LogP contribution is -2.22. The van der Waals surface area contributed by atoms with Crippen molar-refractivity contribution in [3.05, 3.63) is 28.2 Å². The van der Waals surface area contributed by atoms with Crippen molar-refractivity contribution in [2.24, 2.45) is 5.92 Å². The molecule has 17 heavy (non-hydrogen) atoms. The predicted molar refractivity (Wildman–Crippen MR) is 76.5 cm³/mol. The molecule has 1 aromatic carbocycles. The average molecular weight is 300 g/mol. The van der Waals surface area contributed by atoms with Crippen molar-refractivity contribution >= 4 is 15.9 Å². The number of nitrogens with one attached hydrogen (secondary N) is 1. The van der Waals surface area contributed by atoms with E-state index in [1.165, 1.54) is 5.56 Å². The Balaban J connectivity index is 2.76. The highest BCUT2D eigenvalue weighted by molar-refractivity contribution is 9.10. The number of benzene rings is 1. The molecule has 0 saturated carbocycles. The van der Waals surface area contributed by atoms with Gasteiger partial charge < -0.3 is 10.1 Å². The van der Waals surface area contributed by atoms with Crippen molar-refractivity contribution in [3.63, 3.8) is 0 Å². The number of para-hydroxylation sites is 1. The predicted octanol–water partition coefficient (Wildman–Crippen LogP) is 3.98. The van der Waals surface area contributed by atoms with Crippen molar-refractivity contribution < 1.29 is 4.74 Å². The Morgan fingerprint density at radius 1 is 1.24 bits per heavy atom. The molecule has 0 bridgehead atoms. The lowest BCUT2D eigenvalue weighted by Gasteiger charge is -2.16. The van der Waals surface area contributed by atoms with E-state index in [4.69, 9.17) is 4.74 Å². The third-order valence-electron chi connectivity index (χ3n) is 2.31. The summed E-state index contributed by atoms with van der Waals surface area (Å²) >= 11 is 3.55. The number of hydrogen-bond acceptors (Lipinski definition) is 2. The fourth-order valence-corrected chi connectivity index (χ4v) is 1.94. The van der Waals surface area contributed by atoms with Gasteiger partial charge >= 0.3 is 0 Å². The van der Waals surface area contributed by atoms with E-state index >= 15 is 0 Å². The minimum Gasteiger partial charge on any atom is -0.492 e. The first-order chi connectivity index (χ1) is 8.00. The maximum atomic E-state index is 5.87. The molecule has 0 fully saturated rings. The Morgan fingerprint density at radius 2 is 1.94 bits per heavy atom. The normalized spacial score (nSPS) is 11.2. The molecule has 0 amide bonds. The molecular weight excluding hydrogens is 278 g/mol. The summed E-state index contributed by atoms with van der Waals surface area (Å²) in [5.74, 6) is 1.50. The van der Waals surface area contributed by atoms with Crippen molar-refractivity contribution in [2.75, 3.05) is 6.61 Å². The first-order valence-corrected chi connectivity index (χ1v) is 6.93. The smallest absolute Gasteiger partial charge is 0.137 e. The summed E-state index contributed by atoms with van der Waals surface area (Å²) in [6.07, 6.45) is 0. The summed E-state index contributed by atoms with van der Waals surface area (Å²) in [4.78, 5) is 0. The molecule has 0 aromatic heterocycles. The van der Waals surface area contributed by atoms with E-state index in [2.05, 4.69) is 55.0 Å².